The summed E-state index contributed by atoms with van der Waals surface area (Å²) in [4.78, 5) is 2.23. The van der Waals surface area contributed by atoms with Crippen LogP contribution in [0.4, 0.5) is 15.8 Å². The molecule has 0 saturated carbocycles. The van der Waals surface area contributed by atoms with Crippen LogP contribution in [0.25, 0.3) is 0 Å². The van der Waals surface area contributed by atoms with Crippen LogP contribution in [0.5, 0.6) is 5.75 Å². The number of halogens is 1. The third-order valence-electron chi connectivity index (χ3n) is 3.93. The predicted octanol–water partition coefficient (Wildman–Crippen LogP) is 3.65. The van der Waals surface area contributed by atoms with Crippen molar-refractivity contribution in [2.24, 2.45) is 0 Å². The van der Waals surface area contributed by atoms with Crippen molar-refractivity contribution < 1.29 is 9.13 Å². The Labute approximate surface area is 124 Å². The Morgan fingerprint density at radius 3 is 2.86 bits per heavy atom. The number of anilines is 2. The smallest absolute Gasteiger partial charge is 0.131 e. The molecule has 0 bridgehead atoms. The number of ether oxygens (including phenoxy) is 1. The van der Waals surface area contributed by atoms with Crippen molar-refractivity contribution >= 4 is 11.4 Å². The average molecular weight is 286 g/mol. The van der Waals surface area contributed by atoms with Gasteiger partial charge in [0.15, 0.2) is 0 Å². The molecule has 1 unspecified atom stereocenters. The van der Waals surface area contributed by atoms with Crippen LogP contribution in [0.15, 0.2) is 42.5 Å². The van der Waals surface area contributed by atoms with Crippen molar-refractivity contribution in [1.82, 2.24) is 0 Å². The molecule has 1 aliphatic heterocycles. The molecule has 0 saturated heterocycles. The number of nitrogens with zero attached hydrogens (tertiary/aromatic N) is 1. The lowest BCUT2D eigenvalue weighted by Crippen LogP contribution is -2.41. The van der Waals surface area contributed by atoms with E-state index in [1.54, 1.807) is 19.2 Å². The summed E-state index contributed by atoms with van der Waals surface area (Å²) in [5, 5.41) is 3.41. The van der Waals surface area contributed by atoms with E-state index in [4.69, 9.17) is 4.74 Å². The van der Waals surface area contributed by atoms with E-state index in [9.17, 15) is 4.39 Å². The summed E-state index contributed by atoms with van der Waals surface area (Å²) >= 11 is 0. The number of methoxy groups -OCH3 is 1. The summed E-state index contributed by atoms with van der Waals surface area (Å²) in [5.41, 5.74) is 2.90. The second-order valence-electron chi connectivity index (χ2n) is 5.33. The highest BCUT2D eigenvalue weighted by atomic mass is 19.1. The molecule has 1 N–H and O–H groups in total. The molecule has 4 heteroatoms. The first-order chi connectivity index (χ1) is 10.2. The lowest BCUT2D eigenvalue weighted by atomic mass is 10.1. The largest absolute Gasteiger partial charge is 0.497 e. The first-order valence-electron chi connectivity index (χ1n) is 7.11. The zero-order valence-corrected chi connectivity index (χ0v) is 12.3. The van der Waals surface area contributed by atoms with Crippen LogP contribution >= 0.6 is 0 Å². The number of fused-ring (bicyclic) bond motifs is 1. The number of rotatable bonds is 3. The van der Waals surface area contributed by atoms with E-state index in [0.29, 0.717) is 23.9 Å². The zero-order chi connectivity index (χ0) is 14.8. The van der Waals surface area contributed by atoms with Crippen molar-refractivity contribution in [2.75, 3.05) is 23.9 Å². The normalized spacial score (nSPS) is 17.1. The average Bonchev–Trinajstić information content (AvgIpc) is 2.51. The van der Waals surface area contributed by atoms with Crippen LogP contribution in [-0.4, -0.2) is 19.7 Å². The molecule has 2 aromatic carbocycles. The molecule has 110 valence electrons. The number of para-hydroxylation sites is 2. The highest BCUT2D eigenvalue weighted by molar-refractivity contribution is 5.72. The van der Waals surface area contributed by atoms with Crippen LogP contribution in [0.3, 0.4) is 0 Å². The third kappa shape index (κ3) is 2.66. The molecule has 1 atom stereocenters. The zero-order valence-electron chi connectivity index (χ0n) is 12.3. The molecule has 0 aliphatic carbocycles. The Morgan fingerprint density at radius 1 is 1.29 bits per heavy atom. The van der Waals surface area contributed by atoms with Crippen molar-refractivity contribution in [3.05, 3.63) is 53.8 Å². The van der Waals surface area contributed by atoms with Gasteiger partial charge in [-0.15, -0.1) is 0 Å². The summed E-state index contributed by atoms with van der Waals surface area (Å²) < 4.78 is 19.2. The maximum absolute atomic E-state index is 14.2. The summed E-state index contributed by atoms with van der Waals surface area (Å²) in [6, 6.07) is 13.5. The van der Waals surface area contributed by atoms with E-state index in [1.165, 1.54) is 6.07 Å². The van der Waals surface area contributed by atoms with Crippen molar-refractivity contribution in [3.63, 3.8) is 0 Å². The van der Waals surface area contributed by atoms with E-state index in [2.05, 4.69) is 29.3 Å². The fourth-order valence-corrected chi connectivity index (χ4v) is 2.69. The van der Waals surface area contributed by atoms with Gasteiger partial charge in [-0.1, -0.05) is 18.2 Å². The van der Waals surface area contributed by atoms with Gasteiger partial charge in [0, 0.05) is 30.8 Å². The SMILES string of the molecule is COc1ccc(CN2c3ccccc3NCC2C)c(F)c1. The van der Waals surface area contributed by atoms with Crippen LogP contribution in [0.2, 0.25) is 0 Å². The van der Waals surface area contributed by atoms with Gasteiger partial charge in [0.2, 0.25) is 0 Å². The van der Waals surface area contributed by atoms with Gasteiger partial charge in [0.25, 0.3) is 0 Å². The lowest BCUT2D eigenvalue weighted by Gasteiger charge is -2.37. The minimum Gasteiger partial charge on any atom is -0.497 e. The van der Waals surface area contributed by atoms with Crippen LogP contribution in [-0.2, 0) is 6.54 Å². The molecule has 0 spiro atoms. The summed E-state index contributed by atoms with van der Waals surface area (Å²) in [7, 11) is 1.54. The minimum absolute atomic E-state index is 0.224. The van der Waals surface area contributed by atoms with Gasteiger partial charge >= 0.3 is 0 Å². The van der Waals surface area contributed by atoms with E-state index in [-0.39, 0.29) is 5.82 Å². The standard InChI is InChI=1S/C17H19FN2O/c1-12-10-19-16-5-3-4-6-17(16)20(12)11-13-7-8-14(21-2)9-15(13)18/h3-9,12,19H,10-11H2,1-2H3. The second-order valence-corrected chi connectivity index (χ2v) is 5.33. The van der Waals surface area contributed by atoms with Crippen molar-refractivity contribution in [2.45, 2.75) is 19.5 Å². The first-order valence-corrected chi connectivity index (χ1v) is 7.11. The monoisotopic (exact) mass is 286 g/mol. The summed E-state index contributed by atoms with van der Waals surface area (Å²) in [5.74, 6) is 0.322. The van der Waals surface area contributed by atoms with Gasteiger partial charge in [-0.2, -0.15) is 0 Å². The predicted molar refractivity (Wildman–Crippen MR) is 83.5 cm³/mol. The number of nitrogens with one attached hydrogen (secondary N) is 1. The number of hydrogen-bond acceptors (Lipinski definition) is 3. The molecular formula is C17H19FN2O. The lowest BCUT2D eigenvalue weighted by molar-refractivity contribution is 0.410. The van der Waals surface area contributed by atoms with E-state index >= 15 is 0 Å². The Balaban J connectivity index is 1.90. The van der Waals surface area contributed by atoms with Gasteiger partial charge in [-0.3, -0.25) is 0 Å². The first kappa shape index (κ1) is 13.7. The molecule has 0 aromatic heterocycles. The minimum atomic E-state index is -0.224. The summed E-state index contributed by atoms with van der Waals surface area (Å²) in [6.45, 7) is 3.55. The molecule has 3 rings (SSSR count). The maximum atomic E-state index is 14.2. The molecule has 1 heterocycles. The molecular weight excluding hydrogens is 267 g/mol. The van der Waals surface area contributed by atoms with Gasteiger partial charge in [-0.05, 0) is 25.1 Å². The van der Waals surface area contributed by atoms with Gasteiger partial charge in [0.1, 0.15) is 11.6 Å². The van der Waals surface area contributed by atoms with Gasteiger partial charge in [0.05, 0.1) is 18.5 Å². The highest BCUT2D eigenvalue weighted by Gasteiger charge is 2.23. The van der Waals surface area contributed by atoms with E-state index in [0.717, 1.165) is 17.9 Å². The van der Waals surface area contributed by atoms with Crippen LogP contribution in [0, 0.1) is 5.82 Å². The molecule has 0 amide bonds. The molecule has 3 nitrogen and oxygen atoms in total. The van der Waals surface area contributed by atoms with Crippen molar-refractivity contribution in [1.29, 1.82) is 0 Å². The van der Waals surface area contributed by atoms with Crippen LogP contribution in [0.1, 0.15) is 12.5 Å². The van der Waals surface area contributed by atoms with Gasteiger partial charge in [-0.25, -0.2) is 4.39 Å². The maximum Gasteiger partial charge on any atom is 0.131 e. The Bertz CT molecular complexity index is 644. The fraction of sp³-hybridized carbons (Fsp3) is 0.294. The molecule has 0 radical (unpaired) electrons. The Hall–Kier alpha value is -2.23. The van der Waals surface area contributed by atoms with Crippen LogP contribution < -0.4 is 15.0 Å². The van der Waals surface area contributed by atoms with E-state index < -0.39 is 0 Å². The third-order valence-corrected chi connectivity index (χ3v) is 3.93. The Kier molecular flexibility index (Phi) is 3.69. The molecule has 2 aromatic rings. The topological polar surface area (TPSA) is 24.5 Å². The number of hydrogen-bond donors (Lipinski definition) is 1. The second kappa shape index (κ2) is 5.64. The molecule has 1 aliphatic rings. The highest BCUT2D eigenvalue weighted by Crippen LogP contribution is 2.32. The van der Waals surface area contributed by atoms with E-state index in [1.807, 2.05) is 12.1 Å². The number of benzene rings is 2. The molecule has 0 fully saturated rings. The Morgan fingerprint density at radius 2 is 2.10 bits per heavy atom. The quantitative estimate of drug-likeness (QED) is 0.932. The molecule has 21 heavy (non-hydrogen) atoms. The summed E-state index contributed by atoms with van der Waals surface area (Å²) in [6.07, 6.45) is 0. The van der Waals surface area contributed by atoms with Crippen molar-refractivity contribution in [3.8, 4) is 5.75 Å². The van der Waals surface area contributed by atoms with Gasteiger partial charge < -0.3 is 15.0 Å². The fourth-order valence-electron chi connectivity index (χ4n) is 2.69.